The maximum Gasteiger partial charge on any atom is 0.358 e. The standard InChI is InChI=1S/C13H13NO3/c1-3-9-4-6-10(7-5-9)11-8(2)17-14-12(11)13(15)16/h4-7H,3H2,1-2H3,(H,15,16). The number of rotatable bonds is 3. The van der Waals surface area contributed by atoms with Crippen LogP contribution in [-0.2, 0) is 6.42 Å². The zero-order chi connectivity index (χ0) is 12.4. The number of hydrogen-bond acceptors (Lipinski definition) is 3. The highest BCUT2D eigenvalue weighted by Gasteiger charge is 2.20. The van der Waals surface area contributed by atoms with Crippen molar-refractivity contribution in [1.82, 2.24) is 5.16 Å². The van der Waals surface area contributed by atoms with Crippen molar-refractivity contribution in [2.45, 2.75) is 20.3 Å². The van der Waals surface area contributed by atoms with Crippen LogP contribution in [0.15, 0.2) is 28.8 Å². The van der Waals surface area contributed by atoms with Gasteiger partial charge in [0.2, 0.25) is 0 Å². The number of aromatic nitrogens is 1. The first-order chi connectivity index (χ1) is 8.13. The lowest BCUT2D eigenvalue weighted by atomic mass is 10.0. The van der Waals surface area contributed by atoms with Gasteiger partial charge in [0.1, 0.15) is 5.76 Å². The summed E-state index contributed by atoms with van der Waals surface area (Å²) < 4.78 is 4.94. The summed E-state index contributed by atoms with van der Waals surface area (Å²) in [5.74, 6) is -0.553. The molecule has 1 aromatic carbocycles. The Hall–Kier alpha value is -2.10. The first-order valence-electron chi connectivity index (χ1n) is 5.42. The first-order valence-corrected chi connectivity index (χ1v) is 5.42. The molecule has 0 saturated heterocycles. The number of benzene rings is 1. The number of carbonyl (C=O) groups is 1. The number of carboxylic acids is 1. The van der Waals surface area contributed by atoms with Crippen LogP contribution in [0.3, 0.4) is 0 Å². The third-order valence-corrected chi connectivity index (χ3v) is 2.72. The van der Waals surface area contributed by atoms with Gasteiger partial charge < -0.3 is 9.63 Å². The molecule has 2 rings (SSSR count). The first kappa shape index (κ1) is 11.4. The summed E-state index contributed by atoms with van der Waals surface area (Å²) in [6.07, 6.45) is 0.953. The molecule has 0 bridgehead atoms. The average molecular weight is 231 g/mol. The minimum atomic E-state index is -1.07. The summed E-state index contributed by atoms with van der Waals surface area (Å²) in [6, 6.07) is 7.75. The van der Waals surface area contributed by atoms with E-state index < -0.39 is 5.97 Å². The highest BCUT2D eigenvalue weighted by atomic mass is 16.5. The molecule has 4 heteroatoms. The zero-order valence-corrected chi connectivity index (χ0v) is 9.73. The molecule has 1 heterocycles. The van der Waals surface area contributed by atoms with Gasteiger partial charge in [-0.1, -0.05) is 36.3 Å². The number of nitrogens with zero attached hydrogens (tertiary/aromatic N) is 1. The Labute approximate surface area is 98.9 Å². The second-order valence-corrected chi connectivity index (χ2v) is 3.82. The molecule has 2 aromatic rings. The highest BCUT2D eigenvalue weighted by molar-refractivity contribution is 5.94. The van der Waals surface area contributed by atoms with Crippen LogP contribution in [0.5, 0.6) is 0 Å². The maximum absolute atomic E-state index is 11.0. The Kier molecular flexibility index (Phi) is 2.95. The fourth-order valence-corrected chi connectivity index (χ4v) is 1.77. The molecule has 88 valence electrons. The minimum absolute atomic E-state index is 0.0354. The largest absolute Gasteiger partial charge is 0.476 e. The SMILES string of the molecule is CCc1ccc(-c2c(C(=O)O)noc2C)cc1. The topological polar surface area (TPSA) is 63.3 Å². The quantitative estimate of drug-likeness (QED) is 0.882. The second-order valence-electron chi connectivity index (χ2n) is 3.82. The lowest BCUT2D eigenvalue weighted by molar-refractivity contribution is 0.0686. The van der Waals surface area contributed by atoms with Crippen molar-refractivity contribution < 1.29 is 14.4 Å². The third kappa shape index (κ3) is 2.06. The molecule has 4 nitrogen and oxygen atoms in total. The van der Waals surface area contributed by atoms with Gasteiger partial charge in [-0.3, -0.25) is 0 Å². The Morgan fingerprint density at radius 1 is 1.35 bits per heavy atom. The lowest BCUT2D eigenvalue weighted by Gasteiger charge is -2.01. The highest BCUT2D eigenvalue weighted by Crippen LogP contribution is 2.27. The van der Waals surface area contributed by atoms with E-state index in [1.165, 1.54) is 5.56 Å². The van der Waals surface area contributed by atoms with Crippen molar-refractivity contribution in [3.05, 3.63) is 41.3 Å². The van der Waals surface area contributed by atoms with Crippen LogP contribution >= 0.6 is 0 Å². The van der Waals surface area contributed by atoms with Gasteiger partial charge in [-0.15, -0.1) is 0 Å². The molecule has 0 aliphatic carbocycles. The summed E-state index contributed by atoms with van der Waals surface area (Å²) >= 11 is 0. The smallest absolute Gasteiger partial charge is 0.358 e. The van der Waals surface area contributed by atoms with Crippen molar-refractivity contribution in [2.75, 3.05) is 0 Å². The molecule has 17 heavy (non-hydrogen) atoms. The van der Waals surface area contributed by atoms with Crippen molar-refractivity contribution in [1.29, 1.82) is 0 Å². The van der Waals surface area contributed by atoms with E-state index in [9.17, 15) is 4.79 Å². The molecule has 0 aliphatic heterocycles. The Bertz CT molecular complexity index is 540. The van der Waals surface area contributed by atoms with Gasteiger partial charge >= 0.3 is 5.97 Å². The van der Waals surface area contributed by atoms with E-state index in [4.69, 9.17) is 9.63 Å². The summed E-state index contributed by atoms with van der Waals surface area (Å²) in [5, 5.41) is 12.6. The minimum Gasteiger partial charge on any atom is -0.476 e. The van der Waals surface area contributed by atoms with Gasteiger partial charge in [-0.05, 0) is 24.5 Å². The molecule has 0 aliphatic rings. The van der Waals surface area contributed by atoms with Crippen LogP contribution in [0.25, 0.3) is 11.1 Å². The second kappa shape index (κ2) is 4.41. The molecule has 0 unspecified atom stereocenters. The number of hydrogen-bond donors (Lipinski definition) is 1. The number of aromatic carboxylic acids is 1. The molecule has 0 atom stereocenters. The van der Waals surface area contributed by atoms with E-state index in [0.29, 0.717) is 11.3 Å². The van der Waals surface area contributed by atoms with E-state index in [2.05, 4.69) is 12.1 Å². The number of aryl methyl sites for hydroxylation is 2. The fourth-order valence-electron chi connectivity index (χ4n) is 1.77. The summed E-state index contributed by atoms with van der Waals surface area (Å²) in [5.41, 5.74) is 2.55. The lowest BCUT2D eigenvalue weighted by Crippen LogP contribution is -1.99. The summed E-state index contributed by atoms with van der Waals surface area (Å²) in [4.78, 5) is 11.0. The number of carboxylic acid groups (broad SMARTS) is 1. The van der Waals surface area contributed by atoms with E-state index in [0.717, 1.165) is 12.0 Å². The molecule has 0 saturated carbocycles. The van der Waals surface area contributed by atoms with E-state index >= 15 is 0 Å². The average Bonchev–Trinajstić information content (AvgIpc) is 2.71. The molecule has 0 amide bonds. The molecule has 0 spiro atoms. The fraction of sp³-hybridized carbons (Fsp3) is 0.231. The van der Waals surface area contributed by atoms with E-state index in [1.54, 1.807) is 6.92 Å². The molecule has 0 radical (unpaired) electrons. The maximum atomic E-state index is 11.0. The van der Waals surface area contributed by atoms with Gasteiger partial charge in [0.25, 0.3) is 0 Å². The van der Waals surface area contributed by atoms with Crippen LogP contribution in [0.2, 0.25) is 0 Å². The normalized spacial score (nSPS) is 10.5. The van der Waals surface area contributed by atoms with Gasteiger partial charge in [0.05, 0.1) is 5.56 Å². The Morgan fingerprint density at radius 3 is 2.53 bits per heavy atom. The van der Waals surface area contributed by atoms with Crippen LogP contribution in [0.4, 0.5) is 0 Å². The molecule has 1 aromatic heterocycles. The van der Waals surface area contributed by atoms with E-state index in [1.807, 2.05) is 24.3 Å². The van der Waals surface area contributed by atoms with Gasteiger partial charge in [-0.25, -0.2) is 4.79 Å². The van der Waals surface area contributed by atoms with E-state index in [-0.39, 0.29) is 5.69 Å². The van der Waals surface area contributed by atoms with Crippen LogP contribution in [0, 0.1) is 6.92 Å². The zero-order valence-electron chi connectivity index (χ0n) is 9.73. The molecule has 1 N–H and O–H groups in total. The van der Waals surface area contributed by atoms with Crippen molar-refractivity contribution in [2.24, 2.45) is 0 Å². The Balaban J connectivity index is 2.51. The van der Waals surface area contributed by atoms with Gasteiger partial charge in [0.15, 0.2) is 5.69 Å². The molecular formula is C13H13NO3. The Morgan fingerprint density at radius 2 is 2.00 bits per heavy atom. The predicted molar refractivity (Wildman–Crippen MR) is 63.0 cm³/mol. The molecular weight excluding hydrogens is 218 g/mol. The van der Waals surface area contributed by atoms with Crippen LogP contribution < -0.4 is 0 Å². The van der Waals surface area contributed by atoms with Gasteiger partial charge in [-0.2, -0.15) is 0 Å². The van der Waals surface area contributed by atoms with Crippen molar-refractivity contribution in [3.8, 4) is 11.1 Å². The summed E-state index contributed by atoms with van der Waals surface area (Å²) in [6.45, 7) is 3.78. The van der Waals surface area contributed by atoms with Crippen LogP contribution in [-0.4, -0.2) is 16.2 Å². The van der Waals surface area contributed by atoms with Crippen molar-refractivity contribution >= 4 is 5.97 Å². The van der Waals surface area contributed by atoms with Crippen LogP contribution in [0.1, 0.15) is 28.7 Å². The monoisotopic (exact) mass is 231 g/mol. The summed E-state index contributed by atoms with van der Waals surface area (Å²) in [7, 11) is 0. The van der Waals surface area contributed by atoms with Gasteiger partial charge in [0, 0.05) is 0 Å². The molecule has 0 fully saturated rings. The van der Waals surface area contributed by atoms with Crippen molar-refractivity contribution in [3.63, 3.8) is 0 Å². The third-order valence-electron chi connectivity index (χ3n) is 2.72. The predicted octanol–water partition coefficient (Wildman–Crippen LogP) is 2.91.